The van der Waals surface area contributed by atoms with Crippen LogP contribution in [0.4, 0.5) is 5.95 Å². The number of carbonyl (C=O) groups is 1. The first-order valence-corrected chi connectivity index (χ1v) is 7.58. The van der Waals surface area contributed by atoms with Crippen LogP contribution in [0.5, 0.6) is 5.75 Å². The van der Waals surface area contributed by atoms with Crippen LogP contribution in [-0.4, -0.2) is 47.1 Å². The van der Waals surface area contributed by atoms with E-state index in [0.29, 0.717) is 17.3 Å². The molecular weight excluding hydrogens is 294 g/mol. The van der Waals surface area contributed by atoms with Crippen LogP contribution in [0, 0.1) is 0 Å². The van der Waals surface area contributed by atoms with E-state index >= 15 is 0 Å². The quantitative estimate of drug-likeness (QED) is 0.916. The molecule has 23 heavy (non-hydrogen) atoms. The van der Waals surface area contributed by atoms with Gasteiger partial charge in [0, 0.05) is 31.5 Å². The highest BCUT2D eigenvalue weighted by molar-refractivity contribution is 5.94. The summed E-state index contributed by atoms with van der Waals surface area (Å²) < 4.78 is 5.06. The molecular formula is C16H19N5O2. The van der Waals surface area contributed by atoms with E-state index in [1.165, 1.54) is 0 Å². The van der Waals surface area contributed by atoms with E-state index < -0.39 is 0 Å². The number of carbonyl (C=O) groups excluding carboxylic acids is 1. The second-order valence-electron chi connectivity index (χ2n) is 5.40. The number of hydrogen-bond donors (Lipinski definition) is 1. The Labute approximate surface area is 134 Å². The zero-order chi connectivity index (χ0) is 16.1. The lowest BCUT2D eigenvalue weighted by molar-refractivity contribution is 0.0930. The largest absolute Gasteiger partial charge is 0.494 e. The maximum absolute atomic E-state index is 12.1. The van der Waals surface area contributed by atoms with Gasteiger partial charge in [-0.15, -0.1) is 0 Å². The third kappa shape index (κ3) is 3.74. The van der Waals surface area contributed by atoms with Crippen LogP contribution < -0.4 is 15.0 Å². The third-order valence-corrected chi connectivity index (χ3v) is 3.89. The molecule has 0 radical (unpaired) electrons. The molecule has 0 saturated carbocycles. The average molecular weight is 313 g/mol. The number of aromatic nitrogens is 3. The van der Waals surface area contributed by atoms with E-state index in [1.54, 1.807) is 44.0 Å². The van der Waals surface area contributed by atoms with Gasteiger partial charge in [0.25, 0.3) is 5.91 Å². The maximum atomic E-state index is 12.1. The number of rotatable bonds is 4. The molecule has 1 aliphatic rings. The number of hydrogen-bond acceptors (Lipinski definition) is 6. The molecule has 1 fully saturated rings. The van der Waals surface area contributed by atoms with Crippen molar-refractivity contribution in [1.82, 2.24) is 20.3 Å². The Morgan fingerprint density at radius 1 is 1.26 bits per heavy atom. The zero-order valence-electron chi connectivity index (χ0n) is 13.0. The monoisotopic (exact) mass is 313 g/mol. The number of amides is 1. The molecule has 0 spiro atoms. The van der Waals surface area contributed by atoms with Crippen LogP contribution in [0.15, 0.2) is 36.9 Å². The van der Waals surface area contributed by atoms with Gasteiger partial charge < -0.3 is 15.0 Å². The van der Waals surface area contributed by atoms with Crippen LogP contribution >= 0.6 is 0 Å². The molecule has 1 amide bonds. The molecule has 2 aromatic rings. The molecule has 0 bridgehead atoms. The number of nitrogens with zero attached hydrogens (tertiary/aromatic N) is 4. The van der Waals surface area contributed by atoms with Crippen molar-refractivity contribution in [2.24, 2.45) is 0 Å². The van der Waals surface area contributed by atoms with Gasteiger partial charge in [-0.25, -0.2) is 9.97 Å². The molecule has 3 heterocycles. The smallest absolute Gasteiger partial charge is 0.253 e. The molecule has 1 saturated heterocycles. The van der Waals surface area contributed by atoms with Gasteiger partial charge in [-0.05, 0) is 25.0 Å². The van der Waals surface area contributed by atoms with E-state index in [-0.39, 0.29) is 11.9 Å². The fourth-order valence-electron chi connectivity index (χ4n) is 2.57. The Bertz CT molecular complexity index is 639. The molecule has 3 rings (SSSR count). The fraction of sp³-hybridized carbons (Fsp3) is 0.375. The van der Waals surface area contributed by atoms with Crippen molar-refractivity contribution in [3.05, 3.63) is 42.5 Å². The van der Waals surface area contributed by atoms with Gasteiger partial charge in [-0.2, -0.15) is 0 Å². The van der Waals surface area contributed by atoms with E-state index in [1.807, 2.05) is 0 Å². The van der Waals surface area contributed by atoms with E-state index in [9.17, 15) is 4.79 Å². The molecule has 7 nitrogen and oxygen atoms in total. The molecule has 7 heteroatoms. The first kappa shape index (κ1) is 15.2. The number of ether oxygens (including phenoxy) is 1. The second-order valence-corrected chi connectivity index (χ2v) is 5.40. The molecule has 120 valence electrons. The highest BCUT2D eigenvalue weighted by atomic mass is 16.5. The zero-order valence-corrected chi connectivity index (χ0v) is 13.0. The van der Waals surface area contributed by atoms with Crippen molar-refractivity contribution in [3.63, 3.8) is 0 Å². The molecule has 1 N–H and O–H groups in total. The summed E-state index contributed by atoms with van der Waals surface area (Å²) in [5, 5.41) is 3.06. The summed E-state index contributed by atoms with van der Waals surface area (Å²) >= 11 is 0. The summed E-state index contributed by atoms with van der Waals surface area (Å²) in [6.07, 6.45) is 8.29. The fourth-order valence-corrected chi connectivity index (χ4v) is 2.57. The maximum Gasteiger partial charge on any atom is 0.253 e. The normalized spacial score (nSPS) is 15.3. The van der Waals surface area contributed by atoms with Gasteiger partial charge in [-0.3, -0.25) is 9.78 Å². The second kappa shape index (κ2) is 7.04. The van der Waals surface area contributed by atoms with Crippen LogP contribution in [-0.2, 0) is 0 Å². The third-order valence-electron chi connectivity index (χ3n) is 3.89. The predicted molar refractivity (Wildman–Crippen MR) is 85.5 cm³/mol. The van der Waals surface area contributed by atoms with E-state index in [2.05, 4.69) is 25.2 Å². The van der Waals surface area contributed by atoms with Crippen LogP contribution in [0.25, 0.3) is 0 Å². The highest BCUT2D eigenvalue weighted by Gasteiger charge is 2.22. The summed E-state index contributed by atoms with van der Waals surface area (Å²) in [6.45, 7) is 1.62. The summed E-state index contributed by atoms with van der Waals surface area (Å²) in [5.41, 5.74) is 0.591. The number of piperidine rings is 1. The summed E-state index contributed by atoms with van der Waals surface area (Å²) in [6, 6.07) is 3.69. The van der Waals surface area contributed by atoms with E-state index in [4.69, 9.17) is 4.74 Å². The minimum Gasteiger partial charge on any atom is -0.494 e. The Kier molecular flexibility index (Phi) is 4.65. The van der Waals surface area contributed by atoms with Crippen molar-refractivity contribution in [1.29, 1.82) is 0 Å². The number of pyridine rings is 1. The van der Waals surface area contributed by atoms with Crippen LogP contribution in [0.2, 0.25) is 0 Å². The van der Waals surface area contributed by atoms with Gasteiger partial charge in [0.1, 0.15) is 0 Å². The number of methoxy groups -OCH3 is 1. The topological polar surface area (TPSA) is 80.2 Å². The Morgan fingerprint density at radius 2 is 2.00 bits per heavy atom. The lowest BCUT2D eigenvalue weighted by atomic mass is 10.0. The molecule has 0 unspecified atom stereocenters. The minimum absolute atomic E-state index is 0.0720. The predicted octanol–water partition coefficient (Wildman–Crippen LogP) is 1.28. The summed E-state index contributed by atoms with van der Waals surface area (Å²) in [7, 11) is 1.59. The van der Waals surface area contributed by atoms with Crippen molar-refractivity contribution >= 4 is 11.9 Å². The average Bonchev–Trinajstić information content (AvgIpc) is 2.63. The van der Waals surface area contributed by atoms with Gasteiger partial charge >= 0.3 is 0 Å². The standard InChI is InChI=1S/C16H19N5O2/c1-23-14-10-18-16(19-11-14)21-7-4-13(5-8-21)20-15(22)12-3-2-6-17-9-12/h2-3,6,9-11,13H,4-5,7-8H2,1H3,(H,20,22). The van der Waals surface area contributed by atoms with Crippen molar-refractivity contribution in [2.75, 3.05) is 25.1 Å². The molecule has 1 aliphatic heterocycles. The Balaban J connectivity index is 1.53. The first-order chi connectivity index (χ1) is 11.3. The summed E-state index contributed by atoms with van der Waals surface area (Å²) in [4.78, 5) is 26.8. The SMILES string of the molecule is COc1cnc(N2CCC(NC(=O)c3cccnc3)CC2)nc1. The molecule has 0 atom stereocenters. The van der Waals surface area contributed by atoms with Crippen molar-refractivity contribution in [2.45, 2.75) is 18.9 Å². The molecule has 2 aromatic heterocycles. The Hall–Kier alpha value is -2.70. The highest BCUT2D eigenvalue weighted by Crippen LogP contribution is 2.17. The van der Waals surface area contributed by atoms with Gasteiger partial charge in [0.05, 0.1) is 25.1 Å². The van der Waals surface area contributed by atoms with Gasteiger partial charge in [0.15, 0.2) is 5.75 Å². The lowest BCUT2D eigenvalue weighted by Crippen LogP contribution is -2.45. The summed E-state index contributed by atoms with van der Waals surface area (Å²) in [5.74, 6) is 1.27. The first-order valence-electron chi connectivity index (χ1n) is 7.58. The number of anilines is 1. The van der Waals surface area contributed by atoms with E-state index in [0.717, 1.165) is 25.9 Å². The van der Waals surface area contributed by atoms with Crippen molar-refractivity contribution in [3.8, 4) is 5.75 Å². The minimum atomic E-state index is -0.0720. The van der Waals surface area contributed by atoms with Crippen LogP contribution in [0.3, 0.4) is 0 Å². The molecule has 0 aromatic carbocycles. The van der Waals surface area contributed by atoms with Crippen LogP contribution in [0.1, 0.15) is 23.2 Å². The van der Waals surface area contributed by atoms with Crippen molar-refractivity contribution < 1.29 is 9.53 Å². The van der Waals surface area contributed by atoms with Gasteiger partial charge in [-0.1, -0.05) is 0 Å². The Morgan fingerprint density at radius 3 is 2.61 bits per heavy atom. The molecule has 0 aliphatic carbocycles. The van der Waals surface area contributed by atoms with Gasteiger partial charge in [0.2, 0.25) is 5.95 Å². The number of nitrogens with one attached hydrogen (secondary N) is 1. The lowest BCUT2D eigenvalue weighted by Gasteiger charge is -2.32.